The highest BCUT2D eigenvalue weighted by Gasteiger charge is 2.09. The van der Waals surface area contributed by atoms with Crippen LogP contribution in [-0.2, 0) is 6.54 Å². The van der Waals surface area contributed by atoms with Gasteiger partial charge in [0.25, 0.3) is 0 Å². The first-order valence-corrected chi connectivity index (χ1v) is 6.05. The number of nitrogens with zero attached hydrogens (tertiary/aromatic N) is 1. The Morgan fingerprint density at radius 3 is 2.62 bits per heavy atom. The lowest BCUT2D eigenvalue weighted by molar-refractivity contribution is 0.151. The van der Waals surface area contributed by atoms with Gasteiger partial charge in [0.2, 0.25) is 0 Å². The van der Waals surface area contributed by atoms with E-state index in [9.17, 15) is 4.39 Å². The van der Waals surface area contributed by atoms with E-state index in [4.69, 9.17) is 11.6 Å². The quantitative estimate of drug-likeness (QED) is 0.877. The van der Waals surface area contributed by atoms with Crippen LogP contribution in [0.5, 0.6) is 0 Å². The second kappa shape index (κ2) is 5.62. The van der Waals surface area contributed by atoms with Crippen LogP contribution in [-0.4, -0.2) is 18.1 Å². The average molecular weight is 243 g/mol. The van der Waals surface area contributed by atoms with Crippen molar-refractivity contribution in [2.45, 2.75) is 25.8 Å². The SMILES string of the molecule is Fc1cc(Cl)cc(CNN2CCCCC2)c1. The minimum absolute atomic E-state index is 0.275. The molecule has 0 saturated carbocycles. The molecule has 2 rings (SSSR count). The Balaban J connectivity index is 1.88. The second-order valence-electron chi connectivity index (χ2n) is 4.16. The van der Waals surface area contributed by atoms with Crippen LogP contribution in [0.25, 0.3) is 0 Å². The Kier molecular flexibility index (Phi) is 4.16. The van der Waals surface area contributed by atoms with Gasteiger partial charge in [0.05, 0.1) is 0 Å². The molecule has 0 amide bonds. The number of hydrogen-bond donors (Lipinski definition) is 1. The van der Waals surface area contributed by atoms with Crippen molar-refractivity contribution in [1.29, 1.82) is 0 Å². The Morgan fingerprint density at radius 2 is 1.94 bits per heavy atom. The number of hydrazine groups is 1. The van der Waals surface area contributed by atoms with Crippen LogP contribution in [0.1, 0.15) is 24.8 Å². The van der Waals surface area contributed by atoms with Crippen molar-refractivity contribution >= 4 is 11.6 Å². The van der Waals surface area contributed by atoms with Crippen LogP contribution in [0.15, 0.2) is 18.2 Å². The molecule has 0 aromatic heterocycles. The Bertz CT molecular complexity index is 331. The molecule has 1 fully saturated rings. The molecular weight excluding hydrogens is 227 g/mol. The fourth-order valence-electron chi connectivity index (χ4n) is 1.97. The highest BCUT2D eigenvalue weighted by Crippen LogP contribution is 2.14. The smallest absolute Gasteiger partial charge is 0.125 e. The number of rotatable bonds is 3. The molecular formula is C12H16ClFN2. The molecule has 1 aliphatic rings. The van der Waals surface area contributed by atoms with E-state index in [2.05, 4.69) is 10.4 Å². The predicted octanol–water partition coefficient (Wildman–Crippen LogP) is 2.97. The largest absolute Gasteiger partial charge is 0.251 e. The van der Waals surface area contributed by atoms with E-state index >= 15 is 0 Å². The summed E-state index contributed by atoms with van der Waals surface area (Å²) < 4.78 is 13.1. The highest BCUT2D eigenvalue weighted by molar-refractivity contribution is 6.30. The minimum Gasteiger partial charge on any atom is -0.251 e. The van der Waals surface area contributed by atoms with Crippen LogP contribution in [0.4, 0.5) is 4.39 Å². The van der Waals surface area contributed by atoms with Crippen molar-refractivity contribution < 1.29 is 4.39 Å². The molecule has 2 nitrogen and oxygen atoms in total. The molecule has 0 unspecified atom stereocenters. The number of halogens is 2. The van der Waals surface area contributed by atoms with E-state index in [1.165, 1.54) is 31.4 Å². The molecule has 1 aliphatic heterocycles. The van der Waals surface area contributed by atoms with Crippen molar-refractivity contribution in [2.24, 2.45) is 0 Å². The third kappa shape index (κ3) is 3.44. The van der Waals surface area contributed by atoms with Gasteiger partial charge in [0.15, 0.2) is 0 Å². The summed E-state index contributed by atoms with van der Waals surface area (Å²) in [6.07, 6.45) is 3.78. The van der Waals surface area contributed by atoms with Gasteiger partial charge in [0, 0.05) is 24.7 Å². The molecule has 1 aromatic carbocycles. The maximum atomic E-state index is 13.1. The summed E-state index contributed by atoms with van der Waals surface area (Å²) in [5.41, 5.74) is 4.19. The van der Waals surface area contributed by atoms with Crippen LogP contribution in [0, 0.1) is 5.82 Å². The third-order valence-corrected chi connectivity index (χ3v) is 3.00. The number of hydrogen-bond acceptors (Lipinski definition) is 2. The molecule has 0 atom stereocenters. The normalized spacial score (nSPS) is 17.6. The first-order valence-electron chi connectivity index (χ1n) is 5.67. The van der Waals surface area contributed by atoms with Crippen molar-refractivity contribution in [1.82, 2.24) is 10.4 Å². The van der Waals surface area contributed by atoms with Gasteiger partial charge < -0.3 is 0 Å². The molecule has 0 spiro atoms. The highest BCUT2D eigenvalue weighted by atomic mass is 35.5. The van der Waals surface area contributed by atoms with Gasteiger partial charge in [-0.25, -0.2) is 9.40 Å². The van der Waals surface area contributed by atoms with Crippen LogP contribution >= 0.6 is 11.6 Å². The van der Waals surface area contributed by atoms with Crippen LogP contribution < -0.4 is 5.43 Å². The lowest BCUT2D eigenvalue weighted by Gasteiger charge is -2.27. The second-order valence-corrected chi connectivity index (χ2v) is 4.60. The van der Waals surface area contributed by atoms with E-state index in [1.807, 2.05) is 0 Å². The van der Waals surface area contributed by atoms with Gasteiger partial charge in [-0.2, -0.15) is 0 Å². The maximum absolute atomic E-state index is 13.1. The molecule has 1 saturated heterocycles. The molecule has 4 heteroatoms. The summed E-state index contributed by atoms with van der Waals surface area (Å²) >= 11 is 5.79. The zero-order chi connectivity index (χ0) is 11.4. The summed E-state index contributed by atoms with van der Waals surface area (Å²) in [7, 11) is 0. The molecule has 0 aliphatic carbocycles. The third-order valence-electron chi connectivity index (χ3n) is 2.79. The van der Waals surface area contributed by atoms with E-state index in [1.54, 1.807) is 6.07 Å². The Labute approximate surface area is 100 Å². The maximum Gasteiger partial charge on any atom is 0.125 e. The van der Waals surface area contributed by atoms with E-state index in [0.29, 0.717) is 11.6 Å². The standard InChI is InChI=1S/C12H16ClFN2/c13-11-6-10(7-12(14)8-11)9-15-16-4-2-1-3-5-16/h6-8,15H,1-5,9H2. The van der Waals surface area contributed by atoms with Crippen LogP contribution in [0.2, 0.25) is 5.02 Å². The zero-order valence-corrected chi connectivity index (χ0v) is 9.93. The van der Waals surface area contributed by atoms with Crippen molar-refractivity contribution in [3.8, 4) is 0 Å². The Hall–Kier alpha value is -0.640. The van der Waals surface area contributed by atoms with E-state index in [0.717, 1.165) is 18.7 Å². The minimum atomic E-state index is -0.275. The van der Waals surface area contributed by atoms with Gasteiger partial charge in [-0.3, -0.25) is 5.43 Å². The van der Waals surface area contributed by atoms with Gasteiger partial charge in [-0.1, -0.05) is 18.0 Å². The van der Waals surface area contributed by atoms with Crippen molar-refractivity contribution in [3.63, 3.8) is 0 Å². The predicted molar refractivity (Wildman–Crippen MR) is 63.7 cm³/mol. The average Bonchev–Trinajstić information content (AvgIpc) is 2.27. The molecule has 1 heterocycles. The topological polar surface area (TPSA) is 15.3 Å². The van der Waals surface area contributed by atoms with E-state index in [-0.39, 0.29) is 5.82 Å². The van der Waals surface area contributed by atoms with Crippen molar-refractivity contribution in [3.05, 3.63) is 34.6 Å². The van der Waals surface area contributed by atoms with Crippen molar-refractivity contribution in [2.75, 3.05) is 13.1 Å². The molecule has 1 aromatic rings. The lowest BCUT2D eigenvalue weighted by Crippen LogP contribution is -2.41. The molecule has 0 radical (unpaired) electrons. The van der Waals surface area contributed by atoms with Crippen LogP contribution in [0.3, 0.4) is 0 Å². The fraction of sp³-hybridized carbons (Fsp3) is 0.500. The van der Waals surface area contributed by atoms with Gasteiger partial charge in [0.1, 0.15) is 5.82 Å². The van der Waals surface area contributed by atoms with Gasteiger partial charge in [-0.15, -0.1) is 0 Å². The summed E-state index contributed by atoms with van der Waals surface area (Å²) in [5.74, 6) is -0.275. The number of nitrogens with one attached hydrogen (secondary N) is 1. The summed E-state index contributed by atoms with van der Waals surface area (Å²) in [4.78, 5) is 0. The summed E-state index contributed by atoms with van der Waals surface area (Å²) in [6.45, 7) is 2.78. The summed E-state index contributed by atoms with van der Waals surface area (Å²) in [5, 5.41) is 2.65. The molecule has 16 heavy (non-hydrogen) atoms. The lowest BCUT2D eigenvalue weighted by atomic mass is 10.2. The fourth-order valence-corrected chi connectivity index (χ4v) is 2.21. The summed E-state index contributed by atoms with van der Waals surface area (Å²) in [6, 6.07) is 4.64. The zero-order valence-electron chi connectivity index (χ0n) is 9.18. The number of benzene rings is 1. The molecule has 1 N–H and O–H groups in total. The monoisotopic (exact) mass is 242 g/mol. The first kappa shape index (κ1) is 11.8. The molecule has 0 bridgehead atoms. The van der Waals surface area contributed by atoms with Gasteiger partial charge in [-0.05, 0) is 36.6 Å². The number of piperidine rings is 1. The van der Waals surface area contributed by atoms with E-state index < -0.39 is 0 Å². The molecule has 88 valence electrons. The first-order chi connectivity index (χ1) is 7.74. The van der Waals surface area contributed by atoms with Gasteiger partial charge >= 0.3 is 0 Å². The Morgan fingerprint density at radius 1 is 1.19 bits per heavy atom.